The van der Waals surface area contributed by atoms with E-state index < -0.39 is 10.0 Å². The van der Waals surface area contributed by atoms with Crippen molar-refractivity contribution in [2.24, 2.45) is 0 Å². The molecule has 0 spiro atoms. The number of methoxy groups -OCH3 is 1. The van der Waals surface area contributed by atoms with Gasteiger partial charge in [-0.1, -0.05) is 36.4 Å². The summed E-state index contributed by atoms with van der Waals surface area (Å²) in [5, 5.41) is 0. The number of hydrogen-bond donors (Lipinski definition) is 1. The molecule has 0 atom stereocenters. The minimum absolute atomic E-state index is 0.224. The zero-order valence-corrected chi connectivity index (χ0v) is 12.8. The van der Waals surface area contributed by atoms with Crippen molar-refractivity contribution in [2.75, 3.05) is 13.7 Å². The topological polar surface area (TPSA) is 55.4 Å². The largest absolute Gasteiger partial charge is 0.497 e. The number of aryl methyl sites for hydroxylation is 1. The van der Waals surface area contributed by atoms with Crippen molar-refractivity contribution in [3.8, 4) is 5.75 Å². The highest BCUT2D eigenvalue weighted by atomic mass is 32.2. The number of hydrogen-bond acceptors (Lipinski definition) is 3. The van der Waals surface area contributed by atoms with Crippen LogP contribution in [0.15, 0.2) is 59.5 Å². The average molecular weight is 305 g/mol. The van der Waals surface area contributed by atoms with E-state index in [4.69, 9.17) is 4.74 Å². The highest BCUT2D eigenvalue weighted by Crippen LogP contribution is 2.16. The molecule has 4 nitrogen and oxygen atoms in total. The molecule has 0 radical (unpaired) electrons. The van der Waals surface area contributed by atoms with E-state index in [0.717, 1.165) is 12.8 Å². The molecule has 0 heterocycles. The molecule has 0 fully saturated rings. The van der Waals surface area contributed by atoms with Crippen molar-refractivity contribution in [3.05, 3.63) is 60.2 Å². The Morgan fingerprint density at radius 1 is 1.05 bits per heavy atom. The third-order valence-corrected chi connectivity index (χ3v) is 4.59. The predicted octanol–water partition coefficient (Wildman–Crippen LogP) is 2.61. The highest BCUT2D eigenvalue weighted by molar-refractivity contribution is 7.89. The molecule has 5 heteroatoms. The zero-order valence-electron chi connectivity index (χ0n) is 12.0. The van der Waals surface area contributed by atoms with Crippen LogP contribution in [-0.4, -0.2) is 22.1 Å². The average Bonchev–Trinajstić information content (AvgIpc) is 2.53. The van der Waals surface area contributed by atoms with Crippen LogP contribution in [0, 0.1) is 0 Å². The van der Waals surface area contributed by atoms with Crippen LogP contribution >= 0.6 is 0 Å². The second-order valence-electron chi connectivity index (χ2n) is 4.67. The van der Waals surface area contributed by atoms with Gasteiger partial charge in [-0.15, -0.1) is 0 Å². The molecular weight excluding hydrogens is 286 g/mol. The van der Waals surface area contributed by atoms with E-state index in [-0.39, 0.29) is 4.90 Å². The molecule has 2 aromatic carbocycles. The summed E-state index contributed by atoms with van der Waals surface area (Å²) in [5.74, 6) is 0.530. The number of benzene rings is 2. The summed E-state index contributed by atoms with van der Waals surface area (Å²) in [6.07, 6.45) is 1.61. The molecule has 0 aliphatic rings. The van der Waals surface area contributed by atoms with E-state index >= 15 is 0 Å². The van der Waals surface area contributed by atoms with Gasteiger partial charge >= 0.3 is 0 Å². The van der Waals surface area contributed by atoms with Crippen LogP contribution in [0.3, 0.4) is 0 Å². The lowest BCUT2D eigenvalue weighted by atomic mass is 10.1. The number of nitrogens with one attached hydrogen (secondary N) is 1. The lowest BCUT2D eigenvalue weighted by Crippen LogP contribution is -2.25. The predicted molar refractivity (Wildman–Crippen MR) is 82.9 cm³/mol. The lowest BCUT2D eigenvalue weighted by molar-refractivity contribution is 0.413. The van der Waals surface area contributed by atoms with Gasteiger partial charge in [0.15, 0.2) is 0 Å². The minimum atomic E-state index is -3.48. The van der Waals surface area contributed by atoms with Gasteiger partial charge in [0, 0.05) is 12.6 Å². The Bertz CT molecular complexity index is 669. The molecule has 0 saturated heterocycles. The summed E-state index contributed by atoms with van der Waals surface area (Å²) in [5.41, 5.74) is 1.21. The van der Waals surface area contributed by atoms with Crippen LogP contribution in [0.25, 0.3) is 0 Å². The first-order chi connectivity index (χ1) is 10.1. The van der Waals surface area contributed by atoms with E-state index in [1.54, 1.807) is 18.2 Å². The van der Waals surface area contributed by atoms with Crippen molar-refractivity contribution in [1.82, 2.24) is 4.72 Å². The van der Waals surface area contributed by atoms with E-state index in [1.807, 2.05) is 30.3 Å². The molecule has 0 unspecified atom stereocenters. The molecule has 0 aliphatic heterocycles. The molecule has 0 aromatic heterocycles. The number of ether oxygens (including phenoxy) is 1. The second kappa shape index (κ2) is 7.24. The first-order valence-electron chi connectivity index (χ1n) is 6.79. The minimum Gasteiger partial charge on any atom is -0.497 e. The molecule has 0 amide bonds. The summed E-state index contributed by atoms with van der Waals surface area (Å²) in [7, 11) is -1.96. The van der Waals surface area contributed by atoms with Gasteiger partial charge in [0.05, 0.1) is 12.0 Å². The van der Waals surface area contributed by atoms with Gasteiger partial charge in [-0.3, -0.25) is 0 Å². The van der Waals surface area contributed by atoms with Gasteiger partial charge in [0.1, 0.15) is 5.75 Å². The first-order valence-corrected chi connectivity index (χ1v) is 8.28. The Morgan fingerprint density at radius 2 is 1.81 bits per heavy atom. The third-order valence-electron chi connectivity index (χ3n) is 3.13. The van der Waals surface area contributed by atoms with Gasteiger partial charge in [0.25, 0.3) is 0 Å². The van der Waals surface area contributed by atoms with Crippen molar-refractivity contribution in [3.63, 3.8) is 0 Å². The maximum atomic E-state index is 12.1. The van der Waals surface area contributed by atoms with Crippen LogP contribution in [0.1, 0.15) is 12.0 Å². The fraction of sp³-hybridized carbons (Fsp3) is 0.250. The van der Waals surface area contributed by atoms with E-state index in [1.165, 1.54) is 18.7 Å². The molecule has 2 aromatic rings. The Hall–Kier alpha value is -1.85. The van der Waals surface area contributed by atoms with Gasteiger partial charge in [-0.25, -0.2) is 13.1 Å². The normalized spacial score (nSPS) is 11.3. The Labute approximate surface area is 125 Å². The fourth-order valence-corrected chi connectivity index (χ4v) is 3.10. The van der Waals surface area contributed by atoms with Crippen molar-refractivity contribution in [1.29, 1.82) is 0 Å². The number of sulfonamides is 1. The van der Waals surface area contributed by atoms with Crippen LogP contribution in [0.4, 0.5) is 0 Å². The molecular formula is C16H19NO3S. The molecule has 2 rings (SSSR count). The Balaban J connectivity index is 1.89. The Morgan fingerprint density at radius 3 is 2.52 bits per heavy atom. The van der Waals surface area contributed by atoms with Gasteiger partial charge in [0.2, 0.25) is 10.0 Å². The maximum absolute atomic E-state index is 12.1. The fourth-order valence-electron chi connectivity index (χ4n) is 2.00. The monoisotopic (exact) mass is 305 g/mol. The molecule has 21 heavy (non-hydrogen) atoms. The van der Waals surface area contributed by atoms with Crippen molar-refractivity contribution in [2.45, 2.75) is 17.7 Å². The molecule has 1 N–H and O–H groups in total. The quantitative estimate of drug-likeness (QED) is 0.800. The molecule has 0 aliphatic carbocycles. The van der Waals surface area contributed by atoms with Crippen LogP contribution in [-0.2, 0) is 16.4 Å². The molecule has 112 valence electrons. The maximum Gasteiger partial charge on any atom is 0.240 e. The SMILES string of the molecule is COc1cccc(S(=O)(=O)NCCCc2ccccc2)c1. The number of rotatable bonds is 7. The van der Waals surface area contributed by atoms with Gasteiger partial charge in [-0.2, -0.15) is 0 Å². The van der Waals surface area contributed by atoms with Crippen LogP contribution < -0.4 is 9.46 Å². The van der Waals surface area contributed by atoms with E-state index in [9.17, 15) is 8.42 Å². The summed E-state index contributed by atoms with van der Waals surface area (Å²) < 4.78 is 31.9. The van der Waals surface area contributed by atoms with Crippen LogP contribution in [0.5, 0.6) is 5.75 Å². The summed E-state index contributed by atoms with van der Waals surface area (Å²) >= 11 is 0. The zero-order chi connectivity index (χ0) is 15.1. The van der Waals surface area contributed by atoms with Crippen molar-refractivity contribution < 1.29 is 13.2 Å². The van der Waals surface area contributed by atoms with E-state index in [0.29, 0.717) is 12.3 Å². The third kappa shape index (κ3) is 4.58. The smallest absolute Gasteiger partial charge is 0.240 e. The molecule has 0 bridgehead atoms. The van der Waals surface area contributed by atoms with Gasteiger partial charge in [-0.05, 0) is 30.5 Å². The summed E-state index contributed by atoms with van der Waals surface area (Å²) in [4.78, 5) is 0.224. The highest BCUT2D eigenvalue weighted by Gasteiger charge is 2.13. The summed E-state index contributed by atoms with van der Waals surface area (Å²) in [6, 6.07) is 16.5. The Kier molecular flexibility index (Phi) is 5.36. The second-order valence-corrected chi connectivity index (χ2v) is 6.43. The van der Waals surface area contributed by atoms with Gasteiger partial charge < -0.3 is 4.74 Å². The summed E-state index contributed by atoms with van der Waals surface area (Å²) in [6.45, 7) is 0.411. The molecule has 0 saturated carbocycles. The van der Waals surface area contributed by atoms with E-state index in [2.05, 4.69) is 4.72 Å². The lowest BCUT2D eigenvalue weighted by Gasteiger charge is -2.08. The first kappa shape index (κ1) is 15.5. The van der Waals surface area contributed by atoms with Crippen molar-refractivity contribution >= 4 is 10.0 Å². The standard InChI is InChI=1S/C16H19NO3S/c1-20-15-10-5-11-16(13-15)21(18,19)17-12-6-9-14-7-3-2-4-8-14/h2-5,7-8,10-11,13,17H,6,9,12H2,1H3. The van der Waals surface area contributed by atoms with Crippen LogP contribution in [0.2, 0.25) is 0 Å².